The van der Waals surface area contributed by atoms with Gasteiger partial charge in [-0.1, -0.05) is 6.07 Å². The highest BCUT2D eigenvalue weighted by molar-refractivity contribution is 9.10. The van der Waals surface area contributed by atoms with Gasteiger partial charge in [-0.05, 0) is 59.1 Å². The zero-order chi connectivity index (χ0) is 14.5. The summed E-state index contributed by atoms with van der Waals surface area (Å²) in [5, 5.41) is 3.20. The summed E-state index contributed by atoms with van der Waals surface area (Å²) in [5.41, 5.74) is 1.88. The molecule has 2 aromatic rings. The first-order chi connectivity index (χ1) is 9.60. The van der Waals surface area contributed by atoms with Crippen LogP contribution in [0.4, 0.5) is 10.2 Å². The van der Waals surface area contributed by atoms with E-state index >= 15 is 0 Å². The van der Waals surface area contributed by atoms with Crippen molar-refractivity contribution in [3.8, 4) is 5.75 Å². The minimum absolute atomic E-state index is 0.286. The predicted molar refractivity (Wildman–Crippen MR) is 81.6 cm³/mol. The third kappa shape index (κ3) is 3.70. The van der Waals surface area contributed by atoms with Crippen LogP contribution in [0.5, 0.6) is 5.75 Å². The molecule has 0 amide bonds. The van der Waals surface area contributed by atoms with E-state index in [2.05, 4.69) is 26.2 Å². The van der Waals surface area contributed by atoms with Crippen LogP contribution in [0.3, 0.4) is 0 Å². The summed E-state index contributed by atoms with van der Waals surface area (Å²) >= 11 is 3.37. The Balaban J connectivity index is 2.05. The van der Waals surface area contributed by atoms with Crippen molar-refractivity contribution in [2.24, 2.45) is 0 Å². The Hall–Kier alpha value is -1.62. The monoisotopic (exact) mass is 338 g/mol. The Morgan fingerprint density at radius 1 is 1.35 bits per heavy atom. The molecule has 20 heavy (non-hydrogen) atoms. The average molecular weight is 339 g/mol. The average Bonchev–Trinajstić information content (AvgIpc) is 2.41. The molecule has 3 nitrogen and oxygen atoms in total. The van der Waals surface area contributed by atoms with Crippen molar-refractivity contribution in [3.63, 3.8) is 0 Å². The first kappa shape index (κ1) is 14.8. The minimum atomic E-state index is -0.341. The van der Waals surface area contributed by atoms with E-state index in [1.165, 1.54) is 6.07 Å². The lowest BCUT2D eigenvalue weighted by atomic mass is 10.2. The molecule has 2 rings (SSSR count). The van der Waals surface area contributed by atoms with Crippen molar-refractivity contribution >= 4 is 21.7 Å². The number of hydrogen-bond acceptors (Lipinski definition) is 3. The van der Waals surface area contributed by atoms with Crippen molar-refractivity contribution < 1.29 is 9.13 Å². The van der Waals surface area contributed by atoms with Crippen molar-refractivity contribution in [3.05, 3.63) is 51.9 Å². The molecule has 106 valence electrons. The molecule has 0 aliphatic rings. The van der Waals surface area contributed by atoms with Gasteiger partial charge in [0, 0.05) is 17.2 Å². The lowest BCUT2D eigenvalue weighted by Gasteiger charge is -2.10. The zero-order valence-corrected chi connectivity index (χ0v) is 13.0. The van der Waals surface area contributed by atoms with E-state index in [0.717, 1.165) is 21.4 Å². The highest BCUT2D eigenvalue weighted by Crippen LogP contribution is 2.20. The van der Waals surface area contributed by atoms with Crippen molar-refractivity contribution in [1.29, 1.82) is 0 Å². The van der Waals surface area contributed by atoms with E-state index in [9.17, 15) is 4.39 Å². The molecule has 0 spiro atoms. The largest absolute Gasteiger partial charge is 0.491 e. The van der Waals surface area contributed by atoms with Gasteiger partial charge in [0.15, 0.2) is 11.6 Å². The number of benzene rings is 1. The maximum atomic E-state index is 13.7. The van der Waals surface area contributed by atoms with Crippen molar-refractivity contribution in [2.45, 2.75) is 20.4 Å². The molecule has 0 aliphatic carbocycles. The van der Waals surface area contributed by atoms with E-state index in [-0.39, 0.29) is 11.6 Å². The molecular weight excluding hydrogens is 323 g/mol. The molecule has 1 aromatic heterocycles. The SMILES string of the molecule is CCOc1ccc(CNc2ncc(Br)cc2C)cc1F. The molecule has 0 saturated heterocycles. The molecular formula is C15H16BrFN2O. The number of aryl methyl sites for hydroxylation is 1. The Bertz CT molecular complexity index is 604. The molecule has 0 aliphatic heterocycles. The molecule has 0 saturated carbocycles. The van der Waals surface area contributed by atoms with Gasteiger partial charge >= 0.3 is 0 Å². The van der Waals surface area contributed by atoms with Gasteiger partial charge in [-0.3, -0.25) is 0 Å². The molecule has 0 atom stereocenters. The number of nitrogens with zero attached hydrogens (tertiary/aromatic N) is 1. The molecule has 0 bridgehead atoms. The van der Waals surface area contributed by atoms with Gasteiger partial charge in [0.05, 0.1) is 6.61 Å². The predicted octanol–water partition coefficient (Wildman–Crippen LogP) is 4.30. The second-order valence-corrected chi connectivity index (χ2v) is 5.29. The highest BCUT2D eigenvalue weighted by Gasteiger charge is 2.05. The number of rotatable bonds is 5. The third-order valence-electron chi connectivity index (χ3n) is 2.80. The summed E-state index contributed by atoms with van der Waals surface area (Å²) in [5.74, 6) is 0.739. The number of ether oxygens (including phenoxy) is 1. The van der Waals surface area contributed by atoms with E-state index in [1.807, 2.05) is 26.0 Å². The molecule has 0 radical (unpaired) electrons. The number of aromatic nitrogens is 1. The van der Waals surface area contributed by atoms with Crippen LogP contribution in [-0.4, -0.2) is 11.6 Å². The van der Waals surface area contributed by atoms with Gasteiger partial charge in [-0.25, -0.2) is 9.37 Å². The van der Waals surface area contributed by atoms with Gasteiger partial charge in [0.2, 0.25) is 0 Å². The smallest absolute Gasteiger partial charge is 0.165 e. The zero-order valence-electron chi connectivity index (χ0n) is 11.4. The first-order valence-electron chi connectivity index (χ1n) is 6.37. The number of pyridine rings is 1. The minimum Gasteiger partial charge on any atom is -0.491 e. The van der Waals surface area contributed by atoms with Crippen LogP contribution >= 0.6 is 15.9 Å². The molecule has 0 unspecified atom stereocenters. The van der Waals surface area contributed by atoms with E-state index in [4.69, 9.17) is 4.74 Å². The van der Waals surface area contributed by atoms with Crippen molar-refractivity contribution in [1.82, 2.24) is 4.98 Å². The number of nitrogens with one attached hydrogen (secondary N) is 1. The third-order valence-corrected chi connectivity index (χ3v) is 3.23. The lowest BCUT2D eigenvalue weighted by molar-refractivity contribution is 0.321. The van der Waals surface area contributed by atoms with Crippen LogP contribution in [0.15, 0.2) is 34.9 Å². The normalized spacial score (nSPS) is 10.4. The van der Waals surface area contributed by atoms with E-state index in [0.29, 0.717) is 13.2 Å². The maximum Gasteiger partial charge on any atom is 0.165 e. The van der Waals surface area contributed by atoms with Gasteiger partial charge in [-0.2, -0.15) is 0 Å². The molecule has 1 heterocycles. The summed E-state index contributed by atoms with van der Waals surface area (Å²) < 4.78 is 19.8. The maximum absolute atomic E-state index is 13.7. The summed E-state index contributed by atoms with van der Waals surface area (Å²) in [6, 6.07) is 6.95. The molecule has 1 aromatic carbocycles. The Labute approximate surface area is 126 Å². The second kappa shape index (κ2) is 6.70. The Morgan fingerprint density at radius 3 is 2.80 bits per heavy atom. The number of anilines is 1. The first-order valence-corrected chi connectivity index (χ1v) is 7.16. The van der Waals surface area contributed by atoms with Gasteiger partial charge in [0.1, 0.15) is 5.82 Å². The molecule has 1 N–H and O–H groups in total. The standard InChI is InChI=1S/C15H16BrFN2O/c1-3-20-14-5-4-11(7-13(14)17)8-18-15-10(2)6-12(16)9-19-15/h4-7,9H,3,8H2,1-2H3,(H,18,19). The Morgan fingerprint density at radius 2 is 2.15 bits per heavy atom. The van der Waals surface area contributed by atoms with Crippen LogP contribution in [0.25, 0.3) is 0 Å². The molecule has 0 fully saturated rings. The topological polar surface area (TPSA) is 34.1 Å². The fraction of sp³-hybridized carbons (Fsp3) is 0.267. The van der Waals surface area contributed by atoms with Gasteiger partial charge < -0.3 is 10.1 Å². The fourth-order valence-corrected chi connectivity index (χ4v) is 2.28. The van der Waals surface area contributed by atoms with Gasteiger partial charge in [0.25, 0.3) is 0 Å². The summed E-state index contributed by atoms with van der Waals surface area (Å²) in [7, 11) is 0. The lowest BCUT2D eigenvalue weighted by Crippen LogP contribution is -2.04. The fourth-order valence-electron chi connectivity index (χ4n) is 1.84. The summed E-state index contributed by atoms with van der Waals surface area (Å²) in [6.45, 7) is 4.77. The van der Waals surface area contributed by atoms with Crippen LogP contribution < -0.4 is 10.1 Å². The van der Waals surface area contributed by atoms with Crippen LogP contribution in [0, 0.1) is 12.7 Å². The quantitative estimate of drug-likeness (QED) is 0.882. The van der Waals surface area contributed by atoms with Crippen LogP contribution in [0.1, 0.15) is 18.1 Å². The summed E-state index contributed by atoms with van der Waals surface area (Å²) in [6.07, 6.45) is 1.73. The van der Waals surface area contributed by atoms with E-state index < -0.39 is 0 Å². The molecule has 5 heteroatoms. The van der Waals surface area contributed by atoms with Crippen LogP contribution in [-0.2, 0) is 6.54 Å². The Kier molecular flexibility index (Phi) is 4.95. The summed E-state index contributed by atoms with van der Waals surface area (Å²) in [4.78, 5) is 4.29. The van der Waals surface area contributed by atoms with Gasteiger partial charge in [-0.15, -0.1) is 0 Å². The second-order valence-electron chi connectivity index (χ2n) is 4.37. The van der Waals surface area contributed by atoms with Crippen molar-refractivity contribution in [2.75, 3.05) is 11.9 Å². The number of hydrogen-bond donors (Lipinski definition) is 1. The van der Waals surface area contributed by atoms with Crippen LogP contribution in [0.2, 0.25) is 0 Å². The van der Waals surface area contributed by atoms with E-state index in [1.54, 1.807) is 12.3 Å². The highest BCUT2D eigenvalue weighted by atomic mass is 79.9. The number of halogens is 2.